The van der Waals surface area contributed by atoms with E-state index in [4.69, 9.17) is 4.74 Å². The van der Waals surface area contributed by atoms with Gasteiger partial charge in [-0.15, -0.1) is 0 Å². The van der Waals surface area contributed by atoms with Crippen LogP contribution >= 0.6 is 0 Å². The first-order valence-electron chi connectivity index (χ1n) is 10.4. The van der Waals surface area contributed by atoms with E-state index in [0.29, 0.717) is 17.9 Å². The number of hydrogen-bond acceptors (Lipinski definition) is 2. The minimum Gasteiger partial charge on any atom is -0.487 e. The summed E-state index contributed by atoms with van der Waals surface area (Å²) in [7, 11) is 0. The lowest BCUT2D eigenvalue weighted by Crippen LogP contribution is -2.33. The molecule has 1 unspecified atom stereocenters. The molecule has 2 heteroatoms. The highest BCUT2D eigenvalue weighted by Crippen LogP contribution is 2.53. The lowest BCUT2D eigenvalue weighted by molar-refractivity contribution is 0.135. The van der Waals surface area contributed by atoms with E-state index in [-0.39, 0.29) is 0 Å². The van der Waals surface area contributed by atoms with Gasteiger partial charge in [0.05, 0.1) is 5.69 Å². The zero-order chi connectivity index (χ0) is 19.4. The zero-order valence-corrected chi connectivity index (χ0v) is 16.9. The molecule has 3 aromatic rings. The van der Waals surface area contributed by atoms with Crippen molar-refractivity contribution in [1.29, 1.82) is 0 Å². The van der Waals surface area contributed by atoms with Crippen molar-refractivity contribution in [1.82, 2.24) is 4.98 Å². The first kappa shape index (κ1) is 18.7. The van der Waals surface area contributed by atoms with Gasteiger partial charge in [0.1, 0.15) is 12.4 Å². The smallest absolute Gasteiger partial charge is 0.130 e. The van der Waals surface area contributed by atoms with Gasteiger partial charge in [0.25, 0.3) is 0 Å². The molecule has 1 fully saturated rings. The third-order valence-electron chi connectivity index (χ3n) is 6.24. The third-order valence-corrected chi connectivity index (χ3v) is 6.24. The van der Waals surface area contributed by atoms with Crippen LogP contribution in [0.25, 0.3) is 0 Å². The van der Waals surface area contributed by atoms with Crippen molar-refractivity contribution < 1.29 is 4.74 Å². The van der Waals surface area contributed by atoms with Crippen LogP contribution in [0.5, 0.6) is 5.75 Å². The molecule has 0 N–H and O–H groups in total. The first-order valence-corrected chi connectivity index (χ1v) is 10.4. The molecule has 0 radical (unpaired) electrons. The molecule has 2 nitrogen and oxygen atoms in total. The summed E-state index contributed by atoms with van der Waals surface area (Å²) >= 11 is 0. The van der Waals surface area contributed by atoms with E-state index in [2.05, 4.69) is 67.4 Å². The Morgan fingerprint density at radius 2 is 1.61 bits per heavy atom. The van der Waals surface area contributed by atoms with Crippen molar-refractivity contribution in [2.45, 2.75) is 52.1 Å². The molecule has 1 aliphatic carbocycles. The van der Waals surface area contributed by atoms with Crippen LogP contribution in [0.4, 0.5) is 0 Å². The van der Waals surface area contributed by atoms with E-state index >= 15 is 0 Å². The quantitative estimate of drug-likeness (QED) is 0.470. The molecule has 0 spiro atoms. The highest BCUT2D eigenvalue weighted by molar-refractivity contribution is 5.39. The van der Waals surface area contributed by atoms with Gasteiger partial charge in [-0.2, -0.15) is 0 Å². The summed E-state index contributed by atoms with van der Waals surface area (Å²) in [5.74, 6) is 1.34. The molecule has 28 heavy (non-hydrogen) atoms. The van der Waals surface area contributed by atoms with Gasteiger partial charge in [-0.1, -0.05) is 62.7 Å². The van der Waals surface area contributed by atoms with Crippen molar-refractivity contribution >= 4 is 0 Å². The van der Waals surface area contributed by atoms with E-state index in [1.807, 2.05) is 18.2 Å². The summed E-state index contributed by atoms with van der Waals surface area (Å²) in [6.07, 6.45) is 6.82. The topological polar surface area (TPSA) is 22.1 Å². The Labute approximate surface area is 168 Å². The van der Waals surface area contributed by atoms with Crippen molar-refractivity contribution in [3.63, 3.8) is 0 Å². The monoisotopic (exact) mass is 371 g/mol. The minimum atomic E-state index is 0.351. The predicted octanol–water partition coefficient (Wildman–Crippen LogP) is 6.55. The molecule has 1 saturated carbocycles. The molecule has 0 saturated heterocycles. The van der Waals surface area contributed by atoms with Crippen LogP contribution in [-0.4, -0.2) is 4.98 Å². The second-order valence-electron chi connectivity index (χ2n) is 8.21. The lowest BCUT2D eigenvalue weighted by atomic mass is 9.59. The van der Waals surface area contributed by atoms with Crippen LogP contribution in [0, 0.1) is 5.41 Å². The van der Waals surface area contributed by atoms with Gasteiger partial charge < -0.3 is 4.74 Å². The Kier molecular flexibility index (Phi) is 5.47. The third kappa shape index (κ3) is 3.96. The van der Waals surface area contributed by atoms with E-state index < -0.39 is 0 Å². The van der Waals surface area contributed by atoms with Crippen molar-refractivity contribution in [3.05, 3.63) is 95.3 Å². The Balaban J connectivity index is 1.54. The Bertz CT molecular complexity index is 880. The van der Waals surface area contributed by atoms with Crippen molar-refractivity contribution in [2.75, 3.05) is 0 Å². The Morgan fingerprint density at radius 3 is 2.14 bits per heavy atom. The standard InChI is InChI=1S/C26H29NO/c1-3-20-8-10-21(11-9-20)25(26(2)16-6-17-26)22-12-14-24(15-13-22)28-19-23-7-4-5-18-27-23/h4-5,7-15,18,25H,3,6,16-17,19H2,1-2H3. The number of nitrogens with zero attached hydrogens (tertiary/aromatic N) is 1. The molecule has 0 amide bonds. The summed E-state index contributed by atoms with van der Waals surface area (Å²) in [6.45, 7) is 5.16. The highest BCUT2D eigenvalue weighted by atomic mass is 16.5. The molecule has 1 aliphatic rings. The van der Waals surface area contributed by atoms with E-state index in [9.17, 15) is 0 Å². The Hall–Kier alpha value is -2.61. The second-order valence-corrected chi connectivity index (χ2v) is 8.21. The molecule has 0 aliphatic heterocycles. The van der Waals surface area contributed by atoms with Gasteiger partial charge in [-0.05, 0) is 65.6 Å². The number of aromatic nitrogens is 1. The first-order chi connectivity index (χ1) is 13.7. The number of pyridine rings is 1. The fourth-order valence-corrected chi connectivity index (χ4v) is 4.36. The summed E-state index contributed by atoms with van der Waals surface area (Å²) in [6, 6.07) is 23.8. The molecule has 1 heterocycles. The predicted molar refractivity (Wildman–Crippen MR) is 115 cm³/mol. The summed E-state index contributed by atoms with van der Waals surface area (Å²) in [5, 5.41) is 0. The average Bonchev–Trinajstić information content (AvgIpc) is 2.73. The largest absolute Gasteiger partial charge is 0.487 e. The SMILES string of the molecule is CCc1ccc(C(c2ccc(OCc3ccccn3)cc2)C2(C)CCC2)cc1. The number of ether oxygens (including phenoxy) is 1. The van der Waals surface area contributed by atoms with Gasteiger partial charge >= 0.3 is 0 Å². The van der Waals surface area contributed by atoms with Crippen LogP contribution in [0.2, 0.25) is 0 Å². The van der Waals surface area contributed by atoms with Crippen LogP contribution < -0.4 is 4.74 Å². The minimum absolute atomic E-state index is 0.351. The Morgan fingerprint density at radius 1 is 0.929 bits per heavy atom. The van der Waals surface area contributed by atoms with Crippen molar-refractivity contribution in [3.8, 4) is 5.75 Å². The number of benzene rings is 2. The van der Waals surface area contributed by atoms with Gasteiger partial charge in [0, 0.05) is 12.1 Å². The molecular formula is C26H29NO. The normalized spacial score (nSPS) is 16.2. The molecular weight excluding hydrogens is 342 g/mol. The van der Waals surface area contributed by atoms with Crippen LogP contribution in [0.1, 0.15) is 61.4 Å². The molecule has 144 valence electrons. The van der Waals surface area contributed by atoms with Crippen LogP contribution in [0.3, 0.4) is 0 Å². The van der Waals surface area contributed by atoms with Gasteiger partial charge in [0.15, 0.2) is 0 Å². The fourth-order valence-electron chi connectivity index (χ4n) is 4.36. The summed E-state index contributed by atoms with van der Waals surface area (Å²) < 4.78 is 5.93. The zero-order valence-electron chi connectivity index (χ0n) is 16.9. The van der Waals surface area contributed by atoms with Gasteiger partial charge in [-0.25, -0.2) is 0 Å². The van der Waals surface area contributed by atoms with Crippen LogP contribution in [-0.2, 0) is 13.0 Å². The molecule has 0 bridgehead atoms. The van der Waals surface area contributed by atoms with Crippen LogP contribution in [0.15, 0.2) is 72.9 Å². The summed E-state index contributed by atoms with van der Waals surface area (Å²) in [4.78, 5) is 4.32. The fraction of sp³-hybridized carbons (Fsp3) is 0.346. The number of hydrogen-bond donors (Lipinski definition) is 0. The number of aryl methyl sites for hydroxylation is 1. The maximum Gasteiger partial charge on any atom is 0.130 e. The molecule has 1 aromatic heterocycles. The average molecular weight is 372 g/mol. The van der Waals surface area contributed by atoms with Gasteiger partial charge in [0.2, 0.25) is 0 Å². The second kappa shape index (κ2) is 8.18. The lowest BCUT2D eigenvalue weighted by Gasteiger charge is -2.46. The van der Waals surface area contributed by atoms with E-state index in [1.165, 1.54) is 36.0 Å². The van der Waals surface area contributed by atoms with Crippen molar-refractivity contribution in [2.24, 2.45) is 5.41 Å². The maximum absolute atomic E-state index is 5.93. The van der Waals surface area contributed by atoms with E-state index in [1.54, 1.807) is 6.20 Å². The highest BCUT2D eigenvalue weighted by Gasteiger charge is 2.41. The molecule has 4 rings (SSSR count). The number of rotatable bonds is 7. The van der Waals surface area contributed by atoms with E-state index in [0.717, 1.165) is 17.9 Å². The maximum atomic E-state index is 5.93. The summed E-state index contributed by atoms with van der Waals surface area (Å²) in [5.41, 5.74) is 5.52. The van der Waals surface area contributed by atoms with Gasteiger partial charge in [-0.3, -0.25) is 4.98 Å². The molecule has 2 aromatic carbocycles. The molecule has 1 atom stereocenters.